The van der Waals surface area contributed by atoms with E-state index in [4.69, 9.17) is 21.1 Å². The third-order valence-electron chi connectivity index (χ3n) is 2.28. The predicted molar refractivity (Wildman–Crippen MR) is 63.2 cm³/mol. The molecule has 0 fully saturated rings. The molecule has 1 N–H and O–H groups in total. The summed E-state index contributed by atoms with van der Waals surface area (Å²) in [5, 5.41) is 13.3. The molecule has 0 radical (unpaired) electrons. The SMILES string of the molecule is O=C(CCCl)Nc1cc2c(cc1[N+](=O)[O-])OCO2. The summed E-state index contributed by atoms with van der Waals surface area (Å²) in [4.78, 5) is 21.7. The highest BCUT2D eigenvalue weighted by Crippen LogP contribution is 2.40. The Balaban J connectivity index is 2.32. The van der Waals surface area contributed by atoms with E-state index in [-0.39, 0.29) is 36.2 Å². The molecule has 1 amide bonds. The number of nitro groups is 1. The quantitative estimate of drug-likeness (QED) is 0.513. The molecule has 0 aromatic heterocycles. The Morgan fingerprint density at radius 3 is 2.72 bits per heavy atom. The van der Waals surface area contributed by atoms with Crippen molar-refractivity contribution in [3.05, 3.63) is 22.2 Å². The molecule has 2 rings (SSSR count). The van der Waals surface area contributed by atoms with Gasteiger partial charge in [-0.3, -0.25) is 14.9 Å². The molecule has 0 aliphatic carbocycles. The first-order valence-electron chi connectivity index (χ1n) is 5.05. The van der Waals surface area contributed by atoms with Crippen molar-refractivity contribution < 1.29 is 19.2 Å². The molecule has 0 atom stereocenters. The number of halogens is 1. The third kappa shape index (κ3) is 2.45. The number of benzene rings is 1. The summed E-state index contributed by atoms with van der Waals surface area (Å²) in [5.41, 5.74) is -0.179. The van der Waals surface area contributed by atoms with Crippen LogP contribution in [-0.2, 0) is 4.79 Å². The van der Waals surface area contributed by atoms with Crippen LogP contribution in [0.2, 0.25) is 0 Å². The number of ether oxygens (including phenoxy) is 2. The van der Waals surface area contributed by atoms with Crippen molar-refractivity contribution in [3.8, 4) is 11.5 Å². The summed E-state index contributed by atoms with van der Waals surface area (Å²) in [5.74, 6) is 0.398. The minimum atomic E-state index is -0.599. The normalized spacial score (nSPS) is 12.3. The van der Waals surface area contributed by atoms with Crippen molar-refractivity contribution in [2.45, 2.75) is 6.42 Å². The first-order valence-corrected chi connectivity index (χ1v) is 5.59. The first kappa shape index (κ1) is 12.4. The number of hydrogen-bond acceptors (Lipinski definition) is 5. The average Bonchev–Trinajstić information content (AvgIpc) is 2.74. The van der Waals surface area contributed by atoms with E-state index in [2.05, 4.69) is 5.32 Å². The number of alkyl halides is 1. The Bertz CT molecular complexity index is 505. The van der Waals surface area contributed by atoms with Crippen molar-refractivity contribution in [2.24, 2.45) is 0 Å². The molecule has 1 aromatic carbocycles. The highest BCUT2D eigenvalue weighted by Gasteiger charge is 2.24. The van der Waals surface area contributed by atoms with E-state index in [0.29, 0.717) is 5.75 Å². The fraction of sp³-hybridized carbons (Fsp3) is 0.300. The summed E-state index contributed by atoms with van der Waals surface area (Å²) >= 11 is 5.42. The Kier molecular flexibility index (Phi) is 3.52. The topological polar surface area (TPSA) is 90.7 Å². The van der Waals surface area contributed by atoms with Crippen LogP contribution in [0.1, 0.15) is 6.42 Å². The van der Waals surface area contributed by atoms with E-state index >= 15 is 0 Å². The number of fused-ring (bicyclic) bond motifs is 1. The van der Waals surface area contributed by atoms with Gasteiger partial charge >= 0.3 is 0 Å². The molecule has 7 nitrogen and oxygen atoms in total. The molecule has 0 bridgehead atoms. The Hall–Kier alpha value is -2.02. The van der Waals surface area contributed by atoms with Gasteiger partial charge in [0, 0.05) is 18.4 Å². The van der Waals surface area contributed by atoms with Crippen LogP contribution in [0.25, 0.3) is 0 Å². The second-order valence-corrected chi connectivity index (χ2v) is 3.84. The number of nitrogens with one attached hydrogen (secondary N) is 1. The molecule has 0 saturated heterocycles. The number of carbonyl (C=O) groups excluding carboxylic acids is 1. The van der Waals surface area contributed by atoms with Gasteiger partial charge in [-0.1, -0.05) is 0 Å². The van der Waals surface area contributed by atoms with Crippen LogP contribution in [-0.4, -0.2) is 23.5 Å². The Labute approximate surface area is 107 Å². The zero-order chi connectivity index (χ0) is 13.1. The number of nitro benzene ring substituents is 1. The van der Waals surface area contributed by atoms with Gasteiger partial charge in [0.1, 0.15) is 5.69 Å². The fourth-order valence-electron chi connectivity index (χ4n) is 1.48. The first-order chi connectivity index (χ1) is 8.61. The Morgan fingerprint density at radius 2 is 2.11 bits per heavy atom. The number of carbonyl (C=O) groups is 1. The Morgan fingerprint density at radius 1 is 1.44 bits per heavy atom. The van der Waals surface area contributed by atoms with Gasteiger partial charge in [-0.25, -0.2) is 0 Å². The third-order valence-corrected chi connectivity index (χ3v) is 2.47. The summed E-state index contributed by atoms with van der Waals surface area (Å²) in [6.45, 7) is 0.00552. The molecular weight excluding hydrogens is 264 g/mol. The summed E-state index contributed by atoms with van der Waals surface area (Å²) in [7, 11) is 0. The molecule has 0 unspecified atom stereocenters. The van der Waals surface area contributed by atoms with Crippen LogP contribution in [0.5, 0.6) is 11.5 Å². The lowest BCUT2D eigenvalue weighted by Crippen LogP contribution is -2.13. The molecule has 1 aliphatic heterocycles. The second kappa shape index (κ2) is 5.09. The van der Waals surface area contributed by atoms with Crippen molar-refractivity contribution in [1.82, 2.24) is 0 Å². The predicted octanol–water partition coefficient (Wildman–Crippen LogP) is 1.89. The maximum Gasteiger partial charge on any atom is 0.296 e. The lowest BCUT2D eigenvalue weighted by atomic mass is 10.2. The van der Waals surface area contributed by atoms with E-state index < -0.39 is 10.8 Å². The van der Waals surface area contributed by atoms with Crippen molar-refractivity contribution >= 4 is 28.9 Å². The monoisotopic (exact) mass is 272 g/mol. The summed E-state index contributed by atoms with van der Waals surface area (Å²) in [6, 6.07) is 2.59. The molecule has 0 saturated carbocycles. The van der Waals surface area contributed by atoms with Crippen molar-refractivity contribution in [1.29, 1.82) is 0 Å². The maximum absolute atomic E-state index is 11.4. The van der Waals surface area contributed by atoms with Crippen LogP contribution in [0, 0.1) is 10.1 Å². The maximum atomic E-state index is 11.4. The molecule has 8 heteroatoms. The number of nitrogens with zero attached hydrogens (tertiary/aromatic N) is 1. The second-order valence-electron chi connectivity index (χ2n) is 3.47. The molecule has 0 spiro atoms. The molecule has 18 heavy (non-hydrogen) atoms. The highest BCUT2D eigenvalue weighted by atomic mass is 35.5. The van der Waals surface area contributed by atoms with E-state index in [1.807, 2.05) is 0 Å². The molecule has 1 aromatic rings. The van der Waals surface area contributed by atoms with Gasteiger partial charge in [0.2, 0.25) is 12.7 Å². The standard InChI is InChI=1S/C10H9ClN2O5/c11-2-1-10(14)12-6-3-8-9(18-5-17-8)4-7(6)13(15)16/h3-4H,1-2,5H2,(H,12,14). The number of amides is 1. The van der Waals surface area contributed by atoms with Crippen LogP contribution in [0.15, 0.2) is 12.1 Å². The highest BCUT2D eigenvalue weighted by molar-refractivity contribution is 6.19. The van der Waals surface area contributed by atoms with Gasteiger partial charge in [0.05, 0.1) is 11.0 Å². The molecule has 1 heterocycles. The number of hydrogen-bond donors (Lipinski definition) is 1. The van der Waals surface area contributed by atoms with E-state index in [1.165, 1.54) is 12.1 Å². The molecule has 1 aliphatic rings. The van der Waals surface area contributed by atoms with Crippen molar-refractivity contribution in [2.75, 3.05) is 18.0 Å². The number of rotatable bonds is 4. The molecular formula is C10H9ClN2O5. The van der Waals surface area contributed by atoms with Gasteiger partial charge in [-0.15, -0.1) is 11.6 Å². The van der Waals surface area contributed by atoms with E-state index in [9.17, 15) is 14.9 Å². The minimum absolute atomic E-state index is 0.00552. The largest absolute Gasteiger partial charge is 0.454 e. The number of anilines is 1. The van der Waals surface area contributed by atoms with Crippen LogP contribution >= 0.6 is 11.6 Å². The van der Waals surface area contributed by atoms with Gasteiger partial charge in [-0.2, -0.15) is 0 Å². The average molecular weight is 273 g/mol. The smallest absolute Gasteiger partial charge is 0.296 e. The van der Waals surface area contributed by atoms with Gasteiger partial charge in [0.25, 0.3) is 5.69 Å². The van der Waals surface area contributed by atoms with Gasteiger partial charge in [0.15, 0.2) is 11.5 Å². The van der Waals surface area contributed by atoms with Crippen molar-refractivity contribution in [3.63, 3.8) is 0 Å². The van der Waals surface area contributed by atoms with Crippen LogP contribution in [0.3, 0.4) is 0 Å². The van der Waals surface area contributed by atoms with Gasteiger partial charge in [-0.05, 0) is 0 Å². The zero-order valence-corrected chi connectivity index (χ0v) is 9.90. The zero-order valence-electron chi connectivity index (χ0n) is 9.14. The van der Waals surface area contributed by atoms with E-state index in [0.717, 1.165) is 0 Å². The van der Waals surface area contributed by atoms with Gasteiger partial charge < -0.3 is 14.8 Å². The lowest BCUT2D eigenvalue weighted by molar-refractivity contribution is -0.384. The minimum Gasteiger partial charge on any atom is -0.454 e. The van der Waals surface area contributed by atoms with Crippen LogP contribution < -0.4 is 14.8 Å². The molecule has 96 valence electrons. The van der Waals surface area contributed by atoms with Crippen LogP contribution in [0.4, 0.5) is 11.4 Å². The fourth-order valence-corrected chi connectivity index (χ4v) is 1.65. The lowest BCUT2D eigenvalue weighted by Gasteiger charge is -2.06. The summed E-state index contributed by atoms with van der Waals surface area (Å²) in [6.07, 6.45) is 0.0765. The van der Waals surface area contributed by atoms with E-state index in [1.54, 1.807) is 0 Å². The summed E-state index contributed by atoms with van der Waals surface area (Å²) < 4.78 is 10.1.